The molecular weight excluding hydrogens is 139 g/mol. The van der Waals surface area contributed by atoms with E-state index in [1.54, 1.807) is 0 Å². The minimum Gasteiger partial charge on any atom is -0.0951 e. The van der Waals surface area contributed by atoms with E-state index in [1.165, 1.54) is 32.1 Å². The summed E-state index contributed by atoms with van der Waals surface area (Å²) >= 11 is 0. The van der Waals surface area contributed by atoms with E-state index >= 15 is 0 Å². The predicted octanol–water partition coefficient (Wildman–Crippen LogP) is 3.66. The maximum absolute atomic E-state index is 3.39. The molecule has 0 bridgehead atoms. The number of rotatable bonds is 6. The molecule has 0 aliphatic rings. The first kappa shape index (κ1) is 10.2. The quantitative estimate of drug-likeness (QED) is 0.313. The van der Waals surface area contributed by atoms with Gasteiger partial charge in [-0.15, -0.1) is 0 Å². The molecule has 0 aromatic heterocycles. The summed E-state index contributed by atoms with van der Waals surface area (Å²) in [4.78, 5) is 0. The van der Waals surface area contributed by atoms with Crippen LogP contribution >= 0.6 is 9.24 Å². The third-order valence-corrected chi connectivity index (χ3v) is 1.74. The zero-order valence-electron chi connectivity index (χ0n) is 6.90. The van der Waals surface area contributed by atoms with Crippen molar-refractivity contribution in [3.63, 3.8) is 0 Å². The number of hydrogen-bond acceptors (Lipinski definition) is 0. The van der Waals surface area contributed by atoms with Crippen LogP contribution in [0.4, 0.5) is 0 Å². The van der Waals surface area contributed by atoms with Gasteiger partial charge >= 0.3 is 0 Å². The molecule has 0 N–H and O–H groups in total. The van der Waals surface area contributed by atoms with Crippen molar-refractivity contribution >= 4 is 9.24 Å². The van der Waals surface area contributed by atoms with Crippen molar-refractivity contribution in [1.29, 1.82) is 0 Å². The van der Waals surface area contributed by atoms with Gasteiger partial charge in [0, 0.05) is 0 Å². The molecule has 0 heterocycles. The summed E-state index contributed by atoms with van der Waals surface area (Å²) < 4.78 is 0. The van der Waals surface area contributed by atoms with E-state index in [0.717, 1.165) is 6.16 Å². The molecule has 0 unspecified atom stereocenters. The fourth-order valence-electron chi connectivity index (χ4n) is 0.890. The van der Waals surface area contributed by atoms with Crippen LogP contribution in [-0.4, -0.2) is 6.16 Å². The van der Waals surface area contributed by atoms with Gasteiger partial charge in [0.1, 0.15) is 0 Å². The van der Waals surface area contributed by atoms with Gasteiger partial charge < -0.3 is 0 Å². The first-order valence-corrected chi connectivity index (χ1v) is 4.92. The Kier molecular flexibility index (Phi) is 9.33. The molecule has 1 heteroatoms. The monoisotopic (exact) mass is 157 g/mol. The standard InChI is InChI=1S/C9H18P/c1-2-3-4-5-6-7-8-9-10/h7-8,10H,2-6,9H2,1H3. The Balaban J connectivity index is 2.83. The number of allylic oxidation sites excluding steroid dienone is 2. The van der Waals surface area contributed by atoms with Crippen molar-refractivity contribution in [2.75, 3.05) is 6.16 Å². The van der Waals surface area contributed by atoms with Crippen LogP contribution in [0.1, 0.15) is 39.0 Å². The van der Waals surface area contributed by atoms with Crippen molar-refractivity contribution in [2.45, 2.75) is 39.0 Å². The first-order chi connectivity index (χ1) is 4.91. The van der Waals surface area contributed by atoms with E-state index in [2.05, 4.69) is 28.3 Å². The molecule has 0 atom stereocenters. The lowest BCUT2D eigenvalue weighted by atomic mass is 10.1. The highest BCUT2D eigenvalue weighted by Gasteiger charge is 1.82. The highest BCUT2D eigenvalue weighted by molar-refractivity contribution is 7.16. The molecule has 0 aliphatic heterocycles. The SMILES string of the molecule is CCCCCCC=CC[PH]. The van der Waals surface area contributed by atoms with Crippen LogP contribution in [0.5, 0.6) is 0 Å². The lowest BCUT2D eigenvalue weighted by Gasteiger charge is -1.92. The normalized spacial score (nSPS) is 11.0. The van der Waals surface area contributed by atoms with E-state index in [4.69, 9.17) is 0 Å². The average molecular weight is 157 g/mol. The van der Waals surface area contributed by atoms with Crippen LogP contribution in [-0.2, 0) is 0 Å². The molecule has 10 heavy (non-hydrogen) atoms. The minimum atomic E-state index is 0.994. The molecule has 0 spiro atoms. The molecule has 0 saturated carbocycles. The van der Waals surface area contributed by atoms with Gasteiger partial charge in [-0.25, -0.2) is 0 Å². The Morgan fingerprint density at radius 3 is 2.50 bits per heavy atom. The van der Waals surface area contributed by atoms with Gasteiger partial charge in [-0.2, -0.15) is 0 Å². The Morgan fingerprint density at radius 1 is 1.10 bits per heavy atom. The second kappa shape index (κ2) is 9.17. The molecule has 1 radical (unpaired) electrons. The van der Waals surface area contributed by atoms with Crippen LogP contribution in [0.15, 0.2) is 12.2 Å². The molecule has 0 fully saturated rings. The van der Waals surface area contributed by atoms with Gasteiger partial charge in [0.2, 0.25) is 0 Å². The van der Waals surface area contributed by atoms with Gasteiger partial charge in [0.25, 0.3) is 0 Å². The number of unbranched alkanes of at least 4 members (excludes halogenated alkanes) is 4. The van der Waals surface area contributed by atoms with Crippen LogP contribution in [0, 0.1) is 0 Å². The van der Waals surface area contributed by atoms with Crippen LogP contribution in [0.25, 0.3) is 0 Å². The summed E-state index contributed by atoms with van der Waals surface area (Å²) in [6.45, 7) is 2.24. The highest BCUT2D eigenvalue weighted by atomic mass is 31.0. The van der Waals surface area contributed by atoms with Crippen LogP contribution < -0.4 is 0 Å². The average Bonchev–Trinajstić information content (AvgIpc) is 1.97. The summed E-state index contributed by atoms with van der Waals surface area (Å²) in [6.07, 6.45) is 12.1. The van der Waals surface area contributed by atoms with Crippen molar-refractivity contribution < 1.29 is 0 Å². The second-order valence-electron chi connectivity index (χ2n) is 2.52. The molecule has 0 aromatic rings. The highest BCUT2D eigenvalue weighted by Crippen LogP contribution is 2.02. The fourth-order valence-corrected chi connectivity index (χ4v) is 1.06. The fraction of sp³-hybridized carbons (Fsp3) is 0.778. The van der Waals surface area contributed by atoms with Crippen LogP contribution in [0.3, 0.4) is 0 Å². The third kappa shape index (κ3) is 8.17. The Hall–Kier alpha value is 0.170. The smallest absolute Gasteiger partial charge is 0.0136 e. The van der Waals surface area contributed by atoms with Crippen LogP contribution in [0.2, 0.25) is 0 Å². The molecule has 0 nitrogen and oxygen atoms in total. The topological polar surface area (TPSA) is 0 Å². The van der Waals surface area contributed by atoms with Gasteiger partial charge in [-0.1, -0.05) is 47.6 Å². The van der Waals surface area contributed by atoms with Gasteiger partial charge in [-0.3, -0.25) is 0 Å². The van der Waals surface area contributed by atoms with Gasteiger partial charge in [0.05, 0.1) is 0 Å². The third-order valence-electron chi connectivity index (χ3n) is 1.51. The van der Waals surface area contributed by atoms with Crippen molar-refractivity contribution in [3.05, 3.63) is 12.2 Å². The number of hydrogen-bond donors (Lipinski definition) is 0. The molecule has 0 aliphatic carbocycles. The van der Waals surface area contributed by atoms with E-state index in [9.17, 15) is 0 Å². The van der Waals surface area contributed by atoms with Gasteiger partial charge in [-0.05, 0) is 19.0 Å². The molecule has 0 rings (SSSR count). The zero-order valence-corrected chi connectivity index (χ0v) is 7.90. The molecular formula is C9H18P. The predicted molar refractivity (Wildman–Crippen MR) is 51.1 cm³/mol. The van der Waals surface area contributed by atoms with Crippen molar-refractivity contribution in [1.82, 2.24) is 0 Å². The minimum absolute atomic E-state index is 0.994. The van der Waals surface area contributed by atoms with E-state index in [-0.39, 0.29) is 0 Å². The Labute approximate surface area is 67.3 Å². The zero-order chi connectivity index (χ0) is 7.66. The molecule has 0 saturated heterocycles. The van der Waals surface area contributed by atoms with E-state index in [1.807, 2.05) is 0 Å². The maximum Gasteiger partial charge on any atom is -0.0136 e. The van der Waals surface area contributed by atoms with Crippen molar-refractivity contribution in [2.24, 2.45) is 0 Å². The summed E-state index contributed by atoms with van der Waals surface area (Å²) in [5, 5.41) is 0. The molecule has 59 valence electrons. The summed E-state index contributed by atoms with van der Waals surface area (Å²) in [6, 6.07) is 0. The van der Waals surface area contributed by atoms with E-state index < -0.39 is 0 Å². The molecule has 0 amide bonds. The summed E-state index contributed by atoms with van der Waals surface area (Å²) in [5.41, 5.74) is 0. The lowest BCUT2D eigenvalue weighted by Crippen LogP contribution is -1.73. The van der Waals surface area contributed by atoms with E-state index in [0.29, 0.717) is 0 Å². The Bertz CT molecular complexity index is 76.8. The van der Waals surface area contributed by atoms with Gasteiger partial charge in [0.15, 0.2) is 0 Å². The summed E-state index contributed by atoms with van der Waals surface area (Å²) in [5.74, 6) is 0. The Morgan fingerprint density at radius 2 is 1.90 bits per heavy atom. The maximum atomic E-state index is 3.39. The molecule has 0 aromatic carbocycles. The largest absolute Gasteiger partial charge is 0.0951 e. The first-order valence-electron chi connectivity index (χ1n) is 4.21. The lowest BCUT2D eigenvalue weighted by molar-refractivity contribution is 0.674. The second-order valence-corrected chi connectivity index (χ2v) is 2.93. The van der Waals surface area contributed by atoms with Crippen molar-refractivity contribution in [3.8, 4) is 0 Å². The summed E-state index contributed by atoms with van der Waals surface area (Å²) in [7, 11) is 3.39.